The van der Waals surface area contributed by atoms with Crippen LogP contribution in [0.3, 0.4) is 0 Å². The molecule has 3 saturated heterocycles. The van der Waals surface area contributed by atoms with E-state index in [9.17, 15) is 55.1 Å². The summed E-state index contributed by atoms with van der Waals surface area (Å²) >= 11 is 0. The number of carbonyl (C=O) groups excluding carboxylic acids is 12. The molecule has 3 aliphatic heterocycles. The summed E-state index contributed by atoms with van der Waals surface area (Å²) in [6.07, 6.45) is -15.2. The van der Waals surface area contributed by atoms with E-state index in [0.29, 0.717) is 57.8 Å². The Morgan fingerprint density at radius 1 is 0.604 bits per heavy atom. The molecule has 0 radical (unpaired) electrons. The summed E-state index contributed by atoms with van der Waals surface area (Å²) in [5.41, 5.74) is -1.68. The molecule has 4 aliphatic carbocycles. The van der Waals surface area contributed by atoms with Gasteiger partial charge in [-0.15, -0.1) is 0 Å². The Balaban J connectivity index is 1.31. The van der Waals surface area contributed by atoms with E-state index in [-0.39, 0.29) is 90.3 Å². The van der Waals surface area contributed by atoms with Gasteiger partial charge in [0.1, 0.15) is 72.1 Å². The molecule has 33 heteroatoms. The van der Waals surface area contributed by atoms with Crippen molar-refractivity contribution in [1.82, 2.24) is 60.0 Å². The number of carbonyl (C=O) groups is 12. The van der Waals surface area contributed by atoms with E-state index >= 15 is 37.5 Å². The average molecular weight is 1520 g/mol. The minimum Gasteiger partial charge on any atom is -0.377 e. The van der Waals surface area contributed by atoms with Crippen LogP contribution in [0.2, 0.25) is 0 Å². The summed E-state index contributed by atoms with van der Waals surface area (Å²) in [4.78, 5) is 190. The number of alkyl halides is 8. The van der Waals surface area contributed by atoms with Crippen LogP contribution in [0.4, 0.5) is 35.1 Å². The van der Waals surface area contributed by atoms with Gasteiger partial charge in [0.15, 0.2) is 0 Å². The molecule has 3 N–H and O–H groups in total. The molecular weight excluding hydrogens is 1400 g/mol. The topological polar surface area (TPSA) is 279 Å². The molecule has 7 rings (SSSR count). The zero-order valence-corrected chi connectivity index (χ0v) is 63.7. The fourth-order valence-electron chi connectivity index (χ4n) is 17.1. The van der Waals surface area contributed by atoms with E-state index < -0.39 is 230 Å². The third kappa shape index (κ3) is 20.5. The summed E-state index contributed by atoms with van der Waals surface area (Å²) in [6, 6.07) is -11.2. The first kappa shape index (κ1) is 86.3. The minimum atomic E-state index is -5.21. The van der Waals surface area contributed by atoms with Gasteiger partial charge in [0, 0.05) is 82.5 Å². The first-order valence-electron chi connectivity index (χ1n) is 38.0. The van der Waals surface area contributed by atoms with Crippen molar-refractivity contribution in [3.8, 4) is 0 Å². The molecule has 2 bridgehead atoms. The van der Waals surface area contributed by atoms with Gasteiger partial charge in [-0.25, -0.2) is 8.78 Å². The molecule has 0 aromatic rings. The number of hydrogen-bond donors (Lipinski definition) is 3. The number of nitrogens with one attached hydrogen (secondary N) is 3. The van der Waals surface area contributed by atoms with Crippen molar-refractivity contribution in [2.45, 2.75) is 266 Å². The lowest BCUT2D eigenvalue weighted by atomic mass is 9.74. The van der Waals surface area contributed by atoms with Crippen molar-refractivity contribution in [2.24, 2.45) is 35.5 Å². The molecule has 4 saturated carbocycles. The monoisotopic (exact) mass is 1520 g/mol. The second-order valence-electron chi connectivity index (χ2n) is 31.3. The first-order valence-corrected chi connectivity index (χ1v) is 38.0. The summed E-state index contributed by atoms with van der Waals surface area (Å²) in [5, 5.41) is 8.36. The molecule has 2 unspecified atom stereocenters. The normalized spacial score (nSPS) is 32.2. The van der Waals surface area contributed by atoms with E-state index in [1.54, 1.807) is 27.7 Å². The highest BCUT2D eigenvalue weighted by atomic mass is 19.4. The molecule has 12 amide bonds. The van der Waals surface area contributed by atoms with Crippen LogP contribution < -0.4 is 16.0 Å². The van der Waals surface area contributed by atoms with Crippen molar-refractivity contribution in [2.75, 3.05) is 89.2 Å². The number of amides is 12. The second kappa shape index (κ2) is 37.0. The Hall–Kier alpha value is -6.96. The maximum absolute atomic E-state index is 15.5. The third-order valence-electron chi connectivity index (χ3n) is 23.9. The van der Waals surface area contributed by atoms with Gasteiger partial charge in [-0.1, -0.05) is 52.9 Å². The molecule has 106 heavy (non-hydrogen) atoms. The molecule has 7 aliphatic rings. The quantitative estimate of drug-likeness (QED) is 0.191. The molecule has 25 nitrogen and oxygen atoms in total. The van der Waals surface area contributed by atoms with E-state index in [1.165, 1.54) is 71.1 Å². The SMILES string of the molecule is CCO[C@@H]1C[C@H]2C(=O)NC3(CCC3)C(=O)N(C)[C@@H](C3CCCC3)C(=O)N(C)[C@H](C(=O)N(C)C)CC(=O)N(C)[C@@H](CC)C(=O)N[C@@H]([C@@H](C)CC)C(=O)N(C)CC(=O)N(C)[C@H]3CCCCCN(C3=O)[C@@H](CC3CCC(C(F)(F)F)CC3)C(=O)N(C)CC(=O)N[C@@H](CCC3CC(F)C(C(F)(F)F)C(F)C3)C(=O)N2C1. The number of halogens is 8. The Kier molecular flexibility index (Phi) is 30.1. The first-order chi connectivity index (χ1) is 49.7. The van der Waals surface area contributed by atoms with Gasteiger partial charge < -0.3 is 64.8 Å². The Bertz CT molecular complexity index is 3120. The lowest BCUT2D eigenvalue weighted by Gasteiger charge is -2.46. The van der Waals surface area contributed by atoms with Crippen molar-refractivity contribution >= 4 is 70.9 Å². The number of fused-ring (bicyclic) bond motifs is 3. The fraction of sp³-hybridized carbons (Fsp3) is 0.836. The summed E-state index contributed by atoms with van der Waals surface area (Å²) in [5.74, 6) is -16.6. The number of hydrogen-bond acceptors (Lipinski definition) is 13. The molecule has 1 spiro atoms. The Labute approximate surface area is 617 Å². The third-order valence-corrected chi connectivity index (χ3v) is 23.9. The van der Waals surface area contributed by atoms with Crippen molar-refractivity contribution in [3.63, 3.8) is 0 Å². The van der Waals surface area contributed by atoms with Gasteiger partial charge in [-0.2, -0.15) is 26.3 Å². The zero-order chi connectivity index (χ0) is 78.8. The van der Waals surface area contributed by atoms with E-state index in [4.69, 9.17) is 4.74 Å². The summed E-state index contributed by atoms with van der Waals surface area (Å²) < 4.78 is 121. The van der Waals surface area contributed by atoms with Crippen LogP contribution in [0.1, 0.15) is 182 Å². The van der Waals surface area contributed by atoms with Crippen LogP contribution in [-0.2, 0) is 62.3 Å². The van der Waals surface area contributed by atoms with Crippen LogP contribution in [0.15, 0.2) is 0 Å². The van der Waals surface area contributed by atoms with E-state index in [1.807, 2.05) is 0 Å². The average Bonchev–Trinajstić information content (AvgIpc) is 1.21. The Morgan fingerprint density at radius 2 is 1.22 bits per heavy atom. The van der Waals surface area contributed by atoms with Gasteiger partial charge in [-0.3, -0.25) is 57.5 Å². The fourth-order valence-corrected chi connectivity index (χ4v) is 17.1. The van der Waals surface area contributed by atoms with Gasteiger partial charge >= 0.3 is 12.4 Å². The van der Waals surface area contributed by atoms with Crippen LogP contribution >= 0.6 is 0 Å². The lowest BCUT2D eigenvalue weighted by molar-refractivity contribution is -0.219. The maximum atomic E-state index is 15.5. The smallest absolute Gasteiger partial charge is 0.377 e. The van der Waals surface area contributed by atoms with Gasteiger partial charge in [0.2, 0.25) is 70.9 Å². The van der Waals surface area contributed by atoms with E-state index in [0.717, 1.165) is 29.4 Å². The van der Waals surface area contributed by atoms with Crippen LogP contribution in [0, 0.1) is 35.5 Å². The van der Waals surface area contributed by atoms with Crippen LogP contribution in [0.25, 0.3) is 0 Å². The van der Waals surface area contributed by atoms with Crippen molar-refractivity contribution < 1.29 is 97.4 Å². The van der Waals surface area contributed by atoms with Crippen molar-refractivity contribution in [1.29, 1.82) is 0 Å². The lowest BCUT2D eigenvalue weighted by Crippen LogP contribution is -2.68. The predicted octanol–water partition coefficient (Wildman–Crippen LogP) is 5.94. The summed E-state index contributed by atoms with van der Waals surface area (Å²) in [7, 11) is 10.9. The van der Waals surface area contributed by atoms with Gasteiger partial charge in [0.25, 0.3) is 0 Å². The van der Waals surface area contributed by atoms with Crippen LogP contribution in [0.5, 0.6) is 0 Å². The Morgan fingerprint density at radius 3 is 1.77 bits per heavy atom. The van der Waals surface area contributed by atoms with Crippen molar-refractivity contribution in [3.05, 3.63) is 0 Å². The highest BCUT2D eigenvalue weighted by Gasteiger charge is 2.56. The van der Waals surface area contributed by atoms with Crippen LogP contribution in [-0.4, -0.2) is 289 Å². The molecular formula is C73H114F8N12O13. The zero-order valence-electron chi connectivity index (χ0n) is 63.7. The number of rotatable bonds is 12. The molecule has 12 atom stereocenters. The predicted molar refractivity (Wildman–Crippen MR) is 372 cm³/mol. The standard InChI is InChI=1S/C73H114F8N12O13/c1-13-42(4)60-68(103)87(8)41-58(96)89(10)52-24-17-16-20-33-92(67(52)102)55(36-43-25-28-46(29-26-43)72(76,77)78)66(101)86(7)40-56(94)82-50(30-27-44-34-48(74)59(49(75)35-44)73(79,80)81)64(99)93-39-47(106-15-3)37-53(93)63(98)84-71(31-21-32-71)70(105)91(12)61(45-22-18-19-23-45)69(104)90(11)54(65(100)85(5)6)38-57(95)88(9)51(14-2)62(97)83-60/h42-55,59-61H,13-41H2,1-12H3,(H,82,94)(H,83,97)(H,84,98)/t42-,43?,44?,46?,47+,48?,49?,50-,51-,52-,53-,54-,55-,59?,60-,61-/m0/s1. The summed E-state index contributed by atoms with van der Waals surface area (Å²) in [6.45, 7) is 5.00. The molecule has 7 fully saturated rings. The maximum Gasteiger partial charge on any atom is 0.397 e. The van der Waals surface area contributed by atoms with Gasteiger partial charge in [-0.05, 0) is 140 Å². The number of likely N-dealkylation sites (N-methyl/N-ethyl adjacent to an activating group) is 7. The molecule has 3 heterocycles. The number of nitrogens with zero attached hydrogens (tertiary/aromatic N) is 9. The van der Waals surface area contributed by atoms with Gasteiger partial charge in [0.05, 0.1) is 31.5 Å². The molecule has 0 aromatic carbocycles. The highest BCUT2D eigenvalue weighted by molar-refractivity contribution is 6.01. The molecule has 600 valence electrons. The molecule has 0 aromatic heterocycles. The minimum absolute atomic E-state index is 0.00287. The second-order valence-corrected chi connectivity index (χ2v) is 31.3. The number of ether oxygens (including phenoxy) is 1. The highest BCUT2D eigenvalue weighted by Crippen LogP contribution is 2.46. The van der Waals surface area contributed by atoms with E-state index in [2.05, 4.69) is 16.0 Å². The largest absolute Gasteiger partial charge is 0.397 e.